The molecule has 6 rings (SSSR count). The molecule has 4 fully saturated rings. The molecular formula is C37H49N5O7S. The Hall–Kier alpha value is -4.10. The molecule has 0 spiro atoms. The molecule has 0 radical (unpaired) electrons. The Balaban J connectivity index is 1.27. The molecule has 2 aromatic rings. The van der Waals surface area contributed by atoms with Gasteiger partial charge in [-0.05, 0) is 104 Å². The molecule has 4 amide bonds. The molecule has 0 aliphatic heterocycles. The number of nitrogens with one attached hydrogen (secondary N) is 4. The number of aliphatic carboxylic acids is 1. The molecule has 4 atom stereocenters. The summed E-state index contributed by atoms with van der Waals surface area (Å²) in [5.41, 5.74) is 7.42. The van der Waals surface area contributed by atoms with Gasteiger partial charge in [0.15, 0.2) is 0 Å². The fraction of sp³-hybridized carbons (Fsp3) is 0.541. The van der Waals surface area contributed by atoms with Crippen LogP contribution in [0, 0.1) is 23.2 Å². The van der Waals surface area contributed by atoms with Crippen molar-refractivity contribution in [2.75, 3.05) is 18.6 Å². The van der Waals surface area contributed by atoms with Crippen LogP contribution in [0.15, 0.2) is 54.6 Å². The highest BCUT2D eigenvalue weighted by Crippen LogP contribution is 2.61. The van der Waals surface area contributed by atoms with Crippen LogP contribution in [0.4, 0.5) is 0 Å². The fourth-order valence-corrected chi connectivity index (χ4v) is 9.07. The van der Waals surface area contributed by atoms with E-state index in [-0.39, 0.29) is 25.0 Å². The molecule has 2 aromatic carbocycles. The Morgan fingerprint density at radius 2 is 1.40 bits per heavy atom. The number of carbonyl (C=O) groups is 5. The van der Waals surface area contributed by atoms with Crippen LogP contribution in [0.2, 0.25) is 0 Å². The third kappa shape index (κ3) is 9.57. The average molecular weight is 708 g/mol. The number of thioether (sulfide) groups is 1. The molecule has 270 valence electrons. The van der Waals surface area contributed by atoms with Gasteiger partial charge in [0.2, 0.25) is 23.6 Å². The van der Waals surface area contributed by atoms with E-state index in [9.17, 15) is 34.2 Å². The van der Waals surface area contributed by atoms with Crippen LogP contribution in [0.25, 0.3) is 0 Å². The van der Waals surface area contributed by atoms with Crippen molar-refractivity contribution >= 4 is 41.4 Å². The van der Waals surface area contributed by atoms with Crippen LogP contribution in [-0.2, 0) is 36.8 Å². The van der Waals surface area contributed by atoms with Gasteiger partial charge in [-0.2, -0.15) is 11.8 Å². The third-order valence-electron chi connectivity index (χ3n) is 10.6. The molecule has 8 N–H and O–H groups in total. The number of amides is 4. The summed E-state index contributed by atoms with van der Waals surface area (Å²) in [7, 11) is 0. The summed E-state index contributed by atoms with van der Waals surface area (Å²) in [6, 6.07) is 11.5. The zero-order chi connectivity index (χ0) is 35.8. The van der Waals surface area contributed by atoms with Gasteiger partial charge >= 0.3 is 5.97 Å². The highest BCUT2D eigenvalue weighted by atomic mass is 32.2. The van der Waals surface area contributed by atoms with Crippen LogP contribution in [0.5, 0.6) is 5.75 Å². The summed E-state index contributed by atoms with van der Waals surface area (Å²) in [6.45, 7) is -0.440. The first-order valence-corrected chi connectivity index (χ1v) is 18.8. The van der Waals surface area contributed by atoms with E-state index in [1.165, 1.54) is 23.9 Å². The Kier molecular flexibility index (Phi) is 12.4. The quantitative estimate of drug-likeness (QED) is 0.129. The minimum atomic E-state index is -1.16. The SMILES string of the molecule is CSCC[C@H](NC(=O)[C@H](Cc1ccccc1)NC(=O)CNC(=O)[C@@H](NC(=O)[C@@H](N)Cc1ccc(O)cc1)C12CC3CC(CC(C3)C1)C2)C(=O)O. The first-order chi connectivity index (χ1) is 23.9. The highest BCUT2D eigenvalue weighted by molar-refractivity contribution is 7.98. The number of carboxylic acid groups (broad SMARTS) is 1. The molecule has 50 heavy (non-hydrogen) atoms. The Labute approximate surface area is 297 Å². The summed E-state index contributed by atoms with van der Waals surface area (Å²) in [4.78, 5) is 66.0. The number of hydrogen-bond acceptors (Lipinski definition) is 8. The lowest BCUT2D eigenvalue weighted by Gasteiger charge is -2.59. The van der Waals surface area contributed by atoms with Crippen LogP contribution in [0.1, 0.15) is 56.1 Å². The fourth-order valence-electron chi connectivity index (χ4n) is 8.60. The minimum absolute atomic E-state index is 0.108. The number of benzene rings is 2. The van der Waals surface area contributed by atoms with Crippen molar-refractivity contribution in [2.24, 2.45) is 28.9 Å². The van der Waals surface area contributed by atoms with Crippen molar-refractivity contribution in [3.05, 3.63) is 65.7 Å². The molecule has 0 heterocycles. The van der Waals surface area contributed by atoms with Crippen molar-refractivity contribution in [1.82, 2.24) is 21.3 Å². The number of phenolic OH excluding ortho intramolecular Hbond substituents is 1. The van der Waals surface area contributed by atoms with Gasteiger partial charge in [0.05, 0.1) is 12.6 Å². The van der Waals surface area contributed by atoms with Gasteiger partial charge in [-0.1, -0.05) is 42.5 Å². The second-order valence-corrected chi connectivity index (χ2v) is 15.4. The van der Waals surface area contributed by atoms with E-state index >= 15 is 0 Å². The number of phenols is 1. The molecule has 0 aromatic heterocycles. The minimum Gasteiger partial charge on any atom is -0.508 e. The first-order valence-electron chi connectivity index (χ1n) is 17.4. The highest BCUT2D eigenvalue weighted by Gasteiger charge is 2.56. The number of rotatable bonds is 17. The summed E-state index contributed by atoms with van der Waals surface area (Å²) < 4.78 is 0. The average Bonchev–Trinajstić information content (AvgIpc) is 3.08. The molecule has 4 bridgehead atoms. The second-order valence-electron chi connectivity index (χ2n) is 14.4. The van der Waals surface area contributed by atoms with Crippen molar-refractivity contribution in [3.8, 4) is 5.75 Å². The van der Waals surface area contributed by atoms with Crippen LogP contribution in [0.3, 0.4) is 0 Å². The van der Waals surface area contributed by atoms with Gasteiger partial charge in [0, 0.05) is 11.8 Å². The topological polar surface area (TPSA) is 200 Å². The number of aromatic hydroxyl groups is 1. The summed E-state index contributed by atoms with van der Waals surface area (Å²) in [5, 5.41) is 30.3. The van der Waals surface area contributed by atoms with E-state index in [0.717, 1.165) is 49.7 Å². The van der Waals surface area contributed by atoms with E-state index in [4.69, 9.17) is 5.73 Å². The summed E-state index contributed by atoms with van der Waals surface area (Å²) in [6.07, 6.45) is 8.26. The van der Waals surface area contributed by atoms with Crippen molar-refractivity contribution in [1.29, 1.82) is 0 Å². The van der Waals surface area contributed by atoms with Crippen molar-refractivity contribution in [2.45, 2.75) is 82.0 Å². The van der Waals surface area contributed by atoms with E-state index in [0.29, 0.717) is 23.5 Å². The lowest BCUT2D eigenvalue weighted by molar-refractivity contribution is -0.143. The van der Waals surface area contributed by atoms with Gasteiger partial charge in [-0.15, -0.1) is 0 Å². The molecule has 4 saturated carbocycles. The maximum atomic E-state index is 14.0. The monoisotopic (exact) mass is 707 g/mol. The third-order valence-corrected chi connectivity index (χ3v) is 11.2. The molecule has 0 unspecified atom stereocenters. The second kappa shape index (κ2) is 16.7. The molecular weight excluding hydrogens is 659 g/mol. The standard InChI is InChI=1S/C37H49N5O7S/c1-50-12-11-29(36(48)49)41-34(46)30(17-22-5-3-2-4-6-22)40-31(44)21-39-35(47)32(37-18-24-13-25(19-37)15-26(14-24)20-37)42-33(45)28(38)16-23-7-9-27(43)10-8-23/h2-10,24-26,28-30,32,43H,11-21,38H2,1H3,(H,39,47)(H,40,44)(H,41,46)(H,42,45)(H,48,49)/t24?,25?,26?,28-,29-,30-,32+,37?/m0/s1. The van der Waals surface area contributed by atoms with Gasteiger partial charge < -0.3 is 37.2 Å². The van der Waals surface area contributed by atoms with Crippen molar-refractivity contribution < 1.29 is 34.2 Å². The summed E-state index contributed by atoms with van der Waals surface area (Å²) in [5.74, 6) is -1.25. The molecule has 12 nitrogen and oxygen atoms in total. The zero-order valence-corrected chi connectivity index (χ0v) is 29.3. The van der Waals surface area contributed by atoms with Crippen molar-refractivity contribution in [3.63, 3.8) is 0 Å². The molecule has 0 saturated heterocycles. The van der Waals surface area contributed by atoms with E-state index in [1.807, 2.05) is 24.5 Å². The van der Waals surface area contributed by atoms with Gasteiger partial charge in [0.25, 0.3) is 0 Å². The largest absolute Gasteiger partial charge is 0.508 e. The van der Waals surface area contributed by atoms with Gasteiger partial charge in [0.1, 0.15) is 23.9 Å². The first kappa shape index (κ1) is 37.2. The maximum Gasteiger partial charge on any atom is 0.326 e. The Morgan fingerprint density at radius 3 is 1.98 bits per heavy atom. The number of carboxylic acids is 1. The van der Waals surface area contributed by atoms with E-state index in [2.05, 4.69) is 21.3 Å². The van der Waals surface area contributed by atoms with Crippen LogP contribution in [-0.4, -0.2) is 82.5 Å². The van der Waals surface area contributed by atoms with E-state index in [1.54, 1.807) is 24.3 Å². The van der Waals surface area contributed by atoms with E-state index < -0.39 is 65.7 Å². The van der Waals surface area contributed by atoms with Gasteiger partial charge in [-0.3, -0.25) is 19.2 Å². The molecule has 4 aliphatic carbocycles. The number of hydrogen-bond donors (Lipinski definition) is 7. The predicted molar refractivity (Wildman–Crippen MR) is 190 cm³/mol. The number of nitrogens with two attached hydrogens (primary N) is 1. The Bertz CT molecular complexity index is 1490. The number of carbonyl (C=O) groups excluding carboxylic acids is 4. The van der Waals surface area contributed by atoms with Crippen LogP contribution < -0.4 is 27.0 Å². The molecule has 4 aliphatic rings. The van der Waals surface area contributed by atoms with Crippen LogP contribution >= 0.6 is 11.8 Å². The molecule has 13 heteroatoms. The summed E-state index contributed by atoms with van der Waals surface area (Å²) >= 11 is 1.46. The maximum absolute atomic E-state index is 14.0. The normalized spacial score (nSPS) is 24.3. The lowest BCUT2D eigenvalue weighted by atomic mass is 9.47. The lowest BCUT2D eigenvalue weighted by Crippen LogP contribution is -2.64. The Morgan fingerprint density at radius 1 is 0.800 bits per heavy atom. The zero-order valence-electron chi connectivity index (χ0n) is 28.4. The van der Waals surface area contributed by atoms with Gasteiger partial charge in [-0.25, -0.2) is 4.79 Å². The predicted octanol–water partition coefficient (Wildman–Crippen LogP) is 2.13. The smallest absolute Gasteiger partial charge is 0.326 e.